The first-order valence-corrected chi connectivity index (χ1v) is 4.34. The Morgan fingerprint density at radius 3 is 2.50 bits per heavy atom. The van der Waals surface area contributed by atoms with E-state index in [-0.39, 0.29) is 0 Å². The Bertz CT molecular complexity index is 452. The Hall–Kier alpha value is -2.03. The molecule has 14 heavy (non-hydrogen) atoms. The van der Waals surface area contributed by atoms with E-state index in [0.29, 0.717) is 11.4 Å². The third-order valence-electron chi connectivity index (χ3n) is 2.02. The quantitative estimate of drug-likeness (QED) is 0.667. The Balaban J connectivity index is 2.55. The molecule has 0 spiro atoms. The first-order chi connectivity index (χ1) is 6.77. The van der Waals surface area contributed by atoms with Crippen molar-refractivity contribution in [2.45, 2.75) is 0 Å². The fraction of sp³-hybridized carbons (Fsp3) is 0. The molecule has 0 bridgehead atoms. The third-order valence-corrected chi connectivity index (χ3v) is 2.02. The fourth-order valence-electron chi connectivity index (χ4n) is 1.32. The molecule has 0 fully saturated rings. The minimum absolute atomic E-state index is 0.693. The van der Waals surface area contributed by atoms with Gasteiger partial charge in [0.25, 0.3) is 0 Å². The van der Waals surface area contributed by atoms with Crippen LogP contribution in [0.2, 0.25) is 0 Å². The molecule has 3 heteroatoms. The smallest absolute Gasteiger partial charge is 0.0743 e. The van der Waals surface area contributed by atoms with Gasteiger partial charge in [0.15, 0.2) is 0 Å². The van der Waals surface area contributed by atoms with Gasteiger partial charge >= 0.3 is 0 Å². The van der Waals surface area contributed by atoms with Crippen LogP contribution >= 0.6 is 0 Å². The molecule has 0 amide bonds. The monoisotopic (exact) mass is 185 g/mol. The first kappa shape index (κ1) is 8.56. The zero-order valence-corrected chi connectivity index (χ0v) is 7.64. The van der Waals surface area contributed by atoms with E-state index in [1.807, 2.05) is 30.3 Å². The molecule has 1 aromatic heterocycles. The summed E-state index contributed by atoms with van der Waals surface area (Å²) in [6, 6.07) is 11.2. The van der Waals surface area contributed by atoms with E-state index in [0.717, 1.165) is 11.3 Å². The lowest BCUT2D eigenvalue weighted by molar-refractivity contribution is 1.33. The Kier molecular flexibility index (Phi) is 2.07. The predicted molar refractivity (Wildman–Crippen MR) is 58.5 cm³/mol. The lowest BCUT2D eigenvalue weighted by Crippen LogP contribution is -1.92. The second kappa shape index (κ2) is 3.38. The van der Waals surface area contributed by atoms with Crippen molar-refractivity contribution in [2.75, 3.05) is 11.5 Å². The van der Waals surface area contributed by atoms with Crippen molar-refractivity contribution in [3.63, 3.8) is 0 Å². The van der Waals surface area contributed by atoms with Gasteiger partial charge in [0.1, 0.15) is 0 Å². The van der Waals surface area contributed by atoms with E-state index >= 15 is 0 Å². The van der Waals surface area contributed by atoms with Crippen molar-refractivity contribution in [2.24, 2.45) is 0 Å². The van der Waals surface area contributed by atoms with Gasteiger partial charge in [-0.2, -0.15) is 0 Å². The van der Waals surface area contributed by atoms with Crippen molar-refractivity contribution in [1.29, 1.82) is 0 Å². The van der Waals surface area contributed by atoms with Crippen LogP contribution < -0.4 is 11.5 Å². The molecule has 0 aliphatic heterocycles. The minimum atomic E-state index is 0.693. The molecule has 2 rings (SSSR count). The van der Waals surface area contributed by atoms with E-state index in [1.54, 1.807) is 12.3 Å². The van der Waals surface area contributed by atoms with Crippen molar-refractivity contribution >= 4 is 11.4 Å². The van der Waals surface area contributed by atoms with E-state index in [1.165, 1.54) is 0 Å². The summed E-state index contributed by atoms with van der Waals surface area (Å²) in [4.78, 5) is 4.21. The number of aromatic nitrogens is 1. The molecule has 0 saturated heterocycles. The molecular weight excluding hydrogens is 174 g/mol. The topological polar surface area (TPSA) is 64.9 Å². The maximum absolute atomic E-state index is 5.82. The number of pyridine rings is 1. The summed E-state index contributed by atoms with van der Waals surface area (Å²) in [5.74, 6) is 0. The lowest BCUT2D eigenvalue weighted by atomic mass is 10.1. The van der Waals surface area contributed by atoms with Crippen LogP contribution in [0.1, 0.15) is 0 Å². The number of hydrogen-bond acceptors (Lipinski definition) is 3. The van der Waals surface area contributed by atoms with Crippen LogP contribution in [0.4, 0.5) is 11.4 Å². The average molecular weight is 185 g/mol. The van der Waals surface area contributed by atoms with Crippen molar-refractivity contribution in [3.05, 3.63) is 42.6 Å². The van der Waals surface area contributed by atoms with Gasteiger partial charge in [-0.25, -0.2) is 0 Å². The van der Waals surface area contributed by atoms with E-state index in [9.17, 15) is 0 Å². The number of rotatable bonds is 1. The molecule has 2 aromatic rings. The van der Waals surface area contributed by atoms with Gasteiger partial charge in [-0.1, -0.05) is 18.2 Å². The van der Waals surface area contributed by atoms with E-state index in [2.05, 4.69) is 4.98 Å². The Morgan fingerprint density at radius 1 is 1.00 bits per heavy atom. The molecule has 3 nitrogen and oxygen atoms in total. The molecule has 0 unspecified atom stereocenters. The molecule has 1 heterocycles. The van der Waals surface area contributed by atoms with Crippen molar-refractivity contribution in [1.82, 2.24) is 4.98 Å². The lowest BCUT2D eigenvalue weighted by Gasteiger charge is -2.04. The minimum Gasteiger partial charge on any atom is -0.399 e. The molecule has 0 aliphatic rings. The largest absolute Gasteiger partial charge is 0.399 e. The SMILES string of the molecule is Nc1ccnc(-c2ccccc2N)c1. The van der Waals surface area contributed by atoms with Gasteiger partial charge in [0, 0.05) is 23.1 Å². The summed E-state index contributed by atoms with van der Waals surface area (Å²) in [5, 5.41) is 0. The number of benzene rings is 1. The highest BCUT2D eigenvalue weighted by atomic mass is 14.7. The highest BCUT2D eigenvalue weighted by molar-refractivity contribution is 5.74. The predicted octanol–water partition coefficient (Wildman–Crippen LogP) is 1.91. The summed E-state index contributed by atoms with van der Waals surface area (Å²) < 4.78 is 0. The Labute approximate surface area is 82.4 Å². The summed E-state index contributed by atoms with van der Waals surface area (Å²) in [6.45, 7) is 0. The molecule has 0 saturated carbocycles. The fourth-order valence-corrected chi connectivity index (χ4v) is 1.32. The highest BCUT2D eigenvalue weighted by Crippen LogP contribution is 2.24. The highest BCUT2D eigenvalue weighted by Gasteiger charge is 2.02. The van der Waals surface area contributed by atoms with Gasteiger partial charge in [0.05, 0.1) is 5.69 Å². The first-order valence-electron chi connectivity index (χ1n) is 4.34. The molecule has 0 atom stereocenters. The van der Waals surface area contributed by atoms with Crippen LogP contribution in [0.25, 0.3) is 11.3 Å². The number of nitrogens with two attached hydrogens (primary N) is 2. The van der Waals surface area contributed by atoms with Gasteiger partial charge in [-0.05, 0) is 18.2 Å². The number of para-hydroxylation sites is 1. The average Bonchev–Trinajstić information content (AvgIpc) is 2.18. The number of nitrogen functional groups attached to an aromatic ring is 2. The van der Waals surface area contributed by atoms with E-state index < -0.39 is 0 Å². The summed E-state index contributed by atoms with van der Waals surface area (Å²) >= 11 is 0. The van der Waals surface area contributed by atoms with Crippen LogP contribution in [-0.2, 0) is 0 Å². The summed E-state index contributed by atoms with van der Waals surface area (Å²) in [6.07, 6.45) is 1.68. The molecular formula is C11H11N3. The van der Waals surface area contributed by atoms with Crippen LogP contribution in [0.15, 0.2) is 42.6 Å². The maximum atomic E-state index is 5.82. The summed E-state index contributed by atoms with van der Waals surface area (Å²) in [5.41, 5.74) is 14.6. The molecule has 0 aliphatic carbocycles. The standard InChI is InChI=1S/C11H11N3/c12-8-5-6-14-11(7-8)9-3-1-2-4-10(9)13/h1-7H,13H2,(H2,12,14). The summed E-state index contributed by atoms with van der Waals surface area (Å²) in [7, 11) is 0. The maximum Gasteiger partial charge on any atom is 0.0743 e. The second-order valence-corrected chi connectivity index (χ2v) is 3.06. The van der Waals surface area contributed by atoms with Crippen LogP contribution in [-0.4, -0.2) is 4.98 Å². The normalized spacial score (nSPS) is 10.0. The van der Waals surface area contributed by atoms with Gasteiger partial charge in [-0.3, -0.25) is 4.98 Å². The van der Waals surface area contributed by atoms with Gasteiger partial charge in [0.2, 0.25) is 0 Å². The van der Waals surface area contributed by atoms with E-state index in [4.69, 9.17) is 11.5 Å². The zero-order chi connectivity index (χ0) is 9.97. The molecule has 4 N–H and O–H groups in total. The number of hydrogen-bond donors (Lipinski definition) is 2. The second-order valence-electron chi connectivity index (χ2n) is 3.06. The van der Waals surface area contributed by atoms with Gasteiger partial charge in [-0.15, -0.1) is 0 Å². The Morgan fingerprint density at radius 2 is 1.79 bits per heavy atom. The van der Waals surface area contributed by atoms with Crippen molar-refractivity contribution in [3.8, 4) is 11.3 Å². The number of nitrogens with zero attached hydrogens (tertiary/aromatic N) is 1. The van der Waals surface area contributed by atoms with Crippen LogP contribution in [0, 0.1) is 0 Å². The van der Waals surface area contributed by atoms with Crippen LogP contribution in [0.5, 0.6) is 0 Å². The molecule has 0 radical (unpaired) electrons. The molecule has 1 aromatic carbocycles. The van der Waals surface area contributed by atoms with Crippen LogP contribution in [0.3, 0.4) is 0 Å². The third kappa shape index (κ3) is 1.52. The van der Waals surface area contributed by atoms with Gasteiger partial charge < -0.3 is 11.5 Å². The van der Waals surface area contributed by atoms with Crippen molar-refractivity contribution < 1.29 is 0 Å². The number of anilines is 2. The molecule has 70 valence electrons. The zero-order valence-electron chi connectivity index (χ0n) is 7.64.